The van der Waals surface area contributed by atoms with Gasteiger partial charge in [-0.25, -0.2) is 0 Å². The summed E-state index contributed by atoms with van der Waals surface area (Å²) in [5, 5.41) is 6.91. The van der Waals surface area contributed by atoms with Gasteiger partial charge in [0.1, 0.15) is 5.76 Å². The molecule has 0 bridgehead atoms. The first-order valence-corrected chi connectivity index (χ1v) is 10.6. The second kappa shape index (κ2) is 10.3. The molecular weight excluding hydrogens is 384 g/mol. The molecule has 2 aromatic carbocycles. The van der Waals surface area contributed by atoms with Crippen LogP contribution < -0.4 is 5.32 Å². The molecule has 1 heterocycles. The fourth-order valence-corrected chi connectivity index (χ4v) is 3.63. The predicted molar refractivity (Wildman–Crippen MR) is 115 cm³/mol. The maximum atomic E-state index is 12.7. The number of carbonyl (C=O) groups is 1. The Morgan fingerprint density at radius 3 is 2.55 bits per heavy atom. The van der Waals surface area contributed by atoms with E-state index in [4.69, 9.17) is 9.26 Å². The summed E-state index contributed by atoms with van der Waals surface area (Å²) in [6.45, 7) is 7.01. The summed E-state index contributed by atoms with van der Waals surface area (Å²) in [7, 11) is 0. The zero-order chi connectivity index (χ0) is 20.6. The lowest BCUT2D eigenvalue weighted by Crippen LogP contribution is -2.23. The highest BCUT2D eigenvalue weighted by molar-refractivity contribution is 7.98. The van der Waals surface area contributed by atoms with Crippen molar-refractivity contribution in [2.45, 2.75) is 50.7 Å². The molecule has 3 aromatic rings. The van der Waals surface area contributed by atoms with Crippen LogP contribution in [0.5, 0.6) is 0 Å². The third-order valence-electron chi connectivity index (χ3n) is 4.24. The minimum absolute atomic E-state index is 0.0888. The van der Waals surface area contributed by atoms with Crippen molar-refractivity contribution in [2.75, 3.05) is 0 Å². The van der Waals surface area contributed by atoms with E-state index >= 15 is 0 Å². The van der Waals surface area contributed by atoms with Gasteiger partial charge in [-0.15, -0.1) is 11.8 Å². The van der Waals surface area contributed by atoms with E-state index in [2.05, 4.69) is 10.5 Å². The van der Waals surface area contributed by atoms with Gasteiger partial charge in [0.2, 0.25) is 0 Å². The summed E-state index contributed by atoms with van der Waals surface area (Å²) >= 11 is 1.56. The Balaban J connectivity index is 1.56. The highest BCUT2D eigenvalue weighted by Crippen LogP contribution is 2.26. The summed E-state index contributed by atoms with van der Waals surface area (Å²) in [4.78, 5) is 13.6. The Bertz CT molecular complexity index is 935. The molecule has 3 rings (SSSR count). The first-order chi connectivity index (χ1) is 14.0. The molecule has 0 aliphatic carbocycles. The molecule has 0 aliphatic rings. The smallest absolute Gasteiger partial charge is 0.252 e. The quantitative estimate of drug-likeness (QED) is 0.496. The highest BCUT2D eigenvalue weighted by Gasteiger charge is 2.12. The van der Waals surface area contributed by atoms with Gasteiger partial charge in [-0.2, -0.15) is 0 Å². The van der Waals surface area contributed by atoms with E-state index in [1.807, 2.05) is 75.4 Å². The molecule has 5 nitrogen and oxygen atoms in total. The number of aryl methyl sites for hydroxylation is 1. The molecule has 0 spiro atoms. The van der Waals surface area contributed by atoms with Crippen molar-refractivity contribution in [2.24, 2.45) is 0 Å². The van der Waals surface area contributed by atoms with Gasteiger partial charge >= 0.3 is 0 Å². The van der Waals surface area contributed by atoms with Crippen LogP contribution in [0.25, 0.3) is 0 Å². The number of thioether (sulfide) groups is 1. The summed E-state index contributed by atoms with van der Waals surface area (Å²) in [5.74, 6) is 1.34. The van der Waals surface area contributed by atoms with Gasteiger partial charge in [-0.05, 0) is 44.0 Å². The Morgan fingerprint density at radius 1 is 1.14 bits per heavy atom. The third-order valence-corrected chi connectivity index (χ3v) is 5.33. The zero-order valence-electron chi connectivity index (χ0n) is 17.0. The largest absolute Gasteiger partial charge is 0.374 e. The van der Waals surface area contributed by atoms with Crippen molar-refractivity contribution in [3.63, 3.8) is 0 Å². The fourth-order valence-electron chi connectivity index (χ4n) is 2.71. The molecule has 152 valence electrons. The van der Waals surface area contributed by atoms with E-state index in [1.54, 1.807) is 11.8 Å². The molecule has 0 aliphatic heterocycles. The molecule has 0 unspecified atom stereocenters. The van der Waals surface area contributed by atoms with Crippen LogP contribution in [0.2, 0.25) is 0 Å². The van der Waals surface area contributed by atoms with E-state index in [-0.39, 0.29) is 12.0 Å². The number of hydrogen-bond acceptors (Lipinski definition) is 5. The van der Waals surface area contributed by atoms with Crippen molar-refractivity contribution in [1.82, 2.24) is 10.5 Å². The van der Waals surface area contributed by atoms with Crippen LogP contribution in [0, 0.1) is 6.92 Å². The van der Waals surface area contributed by atoms with E-state index in [1.165, 1.54) is 0 Å². The Hall–Kier alpha value is -2.57. The van der Waals surface area contributed by atoms with E-state index in [0.29, 0.717) is 24.5 Å². The maximum Gasteiger partial charge on any atom is 0.252 e. The van der Waals surface area contributed by atoms with Crippen LogP contribution in [0.1, 0.15) is 46.8 Å². The van der Waals surface area contributed by atoms with E-state index < -0.39 is 0 Å². The van der Waals surface area contributed by atoms with E-state index in [9.17, 15) is 4.79 Å². The van der Waals surface area contributed by atoms with Crippen LogP contribution >= 0.6 is 11.8 Å². The van der Waals surface area contributed by atoms with Crippen LogP contribution in [0.4, 0.5) is 0 Å². The average Bonchev–Trinajstić information content (AvgIpc) is 3.15. The van der Waals surface area contributed by atoms with Gasteiger partial charge in [-0.1, -0.05) is 41.6 Å². The number of rotatable bonds is 9. The van der Waals surface area contributed by atoms with Gasteiger partial charge in [0.15, 0.2) is 0 Å². The van der Waals surface area contributed by atoms with Gasteiger partial charge in [0.25, 0.3) is 5.91 Å². The zero-order valence-corrected chi connectivity index (χ0v) is 17.8. The van der Waals surface area contributed by atoms with Crippen molar-refractivity contribution in [3.05, 3.63) is 82.7 Å². The molecule has 1 N–H and O–H groups in total. The molecule has 0 saturated carbocycles. The topological polar surface area (TPSA) is 64.4 Å². The van der Waals surface area contributed by atoms with Crippen LogP contribution in [-0.2, 0) is 23.6 Å². The highest BCUT2D eigenvalue weighted by atomic mass is 32.2. The molecular formula is C23H26N2O3S. The number of nitrogens with zero attached hydrogens (tertiary/aromatic N) is 1. The van der Waals surface area contributed by atoms with Crippen molar-refractivity contribution in [1.29, 1.82) is 0 Å². The SMILES string of the molecule is Cc1cc(CSc2ccccc2C(=O)NCc2ccc(COC(C)C)cc2)on1. The first-order valence-electron chi connectivity index (χ1n) is 9.63. The number of nitrogens with one attached hydrogen (secondary N) is 1. The lowest BCUT2D eigenvalue weighted by molar-refractivity contribution is 0.0657. The average molecular weight is 411 g/mol. The van der Waals surface area contributed by atoms with Gasteiger partial charge in [0, 0.05) is 17.5 Å². The molecule has 29 heavy (non-hydrogen) atoms. The lowest BCUT2D eigenvalue weighted by atomic mass is 10.1. The fraction of sp³-hybridized carbons (Fsp3) is 0.304. The molecule has 6 heteroatoms. The summed E-state index contributed by atoms with van der Waals surface area (Å²) in [5.41, 5.74) is 3.69. The van der Waals surface area contributed by atoms with Crippen molar-refractivity contribution >= 4 is 17.7 Å². The van der Waals surface area contributed by atoms with Crippen LogP contribution in [0.3, 0.4) is 0 Å². The predicted octanol–water partition coefficient (Wildman–Crippen LogP) is 5.13. The minimum Gasteiger partial charge on any atom is -0.374 e. The third kappa shape index (κ3) is 6.48. The standard InChI is InChI=1S/C23H26N2O3S/c1-16(2)27-14-19-10-8-18(9-11-19)13-24-23(26)21-6-4-5-7-22(21)29-15-20-12-17(3)25-28-20/h4-12,16H,13-15H2,1-3H3,(H,24,26). The second-order valence-electron chi connectivity index (χ2n) is 7.08. The first kappa shape index (κ1) is 21.1. The molecule has 1 amide bonds. The van der Waals surface area contributed by atoms with Crippen LogP contribution in [0.15, 0.2) is 64.0 Å². The second-order valence-corrected chi connectivity index (χ2v) is 8.10. The Morgan fingerprint density at radius 2 is 1.86 bits per heavy atom. The van der Waals surface area contributed by atoms with Crippen molar-refractivity contribution < 1.29 is 14.1 Å². The molecule has 0 radical (unpaired) electrons. The van der Waals surface area contributed by atoms with Crippen molar-refractivity contribution in [3.8, 4) is 0 Å². The number of benzene rings is 2. The number of aromatic nitrogens is 1. The van der Waals surface area contributed by atoms with Gasteiger partial charge < -0.3 is 14.6 Å². The monoisotopic (exact) mass is 410 g/mol. The Kier molecular flexibility index (Phi) is 7.49. The molecule has 1 aromatic heterocycles. The molecule has 0 atom stereocenters. The number of hydrogen-bond donors (Lipinski definition) is 1. The number of carbonyl (C=O) groups excluding carboxylic acids is 1. The number of ether oxygens (including phenoxy) is 1. The Labute approximate surface area is 175 Å². The van der Waals surface area contributed by atoms with Gasteiger partial charge in [0.05, 0.1) is 29.7 Å². The molecule has 0 saturated heterocycles. The van der Waals surface area contributed by atoms with Crippen LogP contribution in [-0.4, -0.2) is 17.2 Å². The summed E-state index contributed by atoms with van der Waals surface area (Å²) in [6, 6.07) is 17.6. The minimum atomic E-state index is -0.0888. The lowest BCUT2D eigenvalue weighted by Gasteiger charge is -2.11. The van der Waals surface area contributed by atoms with E-state index in [0.717, 1.165) is 27.5 Å². The normalized spacial score (nSPS) is 11.0. The molecule has 0 fully saturated rings. The maximum absolute atomic E-state index is 12.7. The van der Waals surface area contributed by atoms with Gasteiger partial charge in [-0.3, -0.25) is 4.79 Å². The number of amides is 1. The summed E-state index contributed by atoms with van der Waals surface area (Å²) in [6.07, 6.45) is 0.208. The summed E-state index contributed by atoms with van der Waals surface area (Å²) < 4.78 is 10.9.